The number of fused-ring (bicyclic) bond motifs is 1. The first kappa shape index (κ1) is 16.3. The zero-order valence-corrected chi connectivity index (χ0v) is 15.0. The first-order valence-electron chi connectivity index (χ1n) is 9.39. The Labute approximate surface area is 148 Å². The molecule has 5 nitrogen and oxygen atoms in total. The number of rotatable bonds is 3. The molecule has 0 spiro atoms. The van der Waals surface area contributed by atoms with Gasteiger partial charge in [0.25, 0.3) is 5.91 Å². The molecule has 1 atom stereocenters. The van der Waals surface area contributed by atoms with E-state index in [0.29, 0.717) is 11.5 Å². The van der Waals surface area contributed by atoms with Gasteiger partial charge in [-0.2, -0.15) is 0 Å². The normalized spacial score (nSPS) is 20.1. The highest BCUT2D eigenvalue weighted by Gasteiger charge is 2.33. The molecule has 0 unspecified atom stereocenters. The Balaban J connectivity index is 1.58. The molecule has 1 saturated heterocycles. The maximum Gasteiger partial charge on any atom is 0.255 e. The average Bonchev–Trinajstić information content (AvgIpc) is 3.29. The summed E-state index contributed by atoms with van der Waals surface area (Å²) in [6.07, 6.45) is 8.15. The molecular formula is C20H25N3O2. The number of aryl methyl sites for hydroxylation is 2. The number of pyridine rings is 1. The minimum absolute atomic E-state index is 0.0137. The summed E-state index contributed by atoms with van der Waals surface area (Å²) in [6, 6.07) is 4.08. The summed E-state index contributed by atoms with van der Waals surface area (Å²) in [5, 5.41) is 4.23. The zero-order valence-electron chi connectivity index (χ0n) is 15.0. The molecule has 1 aliphatic carbocycles. The lowest BCUT2D eigenvalue weighted by molar-refractivity contribution is 0.0730. The molecule has 3 heterocycles. The lowest BCUT2D eigenvalue weighted by Gasteiger charge is -2.24. The van der Waals surface area contributed by atoms with Gasteiger partial charge in [0.1, 0.15) is 11.5 Å². The molecule has 0 N–H and O–H groups in total. The van der Waals surface area contributed by atoms with Crippen LogP contribution in [0.25, 0.3) is 0 Å². The van der Waals surface area contributed by atoms with Gasteiger partial charge in [0.05, 0.1) is 11.6 Å². The van der Waals surface area contributed by atoms with Crippen LogP contribution in [0.5, 0.6) is 0 Å². The van der Waals surface area contributed by atoms with Crippen molar-refractivity contribution in [2.24, 2.45) is 0 Å². The topological polar surface area (TPSA) is 59.2 Å². The van der Waals surface area contributed by atoms with Gasteiger partial charge in [-0.25, -0.2) is 0 Å². The van der Waals surface area contributed by atoms with Crippen molar-refractivity contribution in [3.8, 4) is 0 Å². The van der Waals surface area contributed by atoms with Crippen LogP contribution in [0.2, 0.25) is 0 Å². The minimum Gasteiger partial charge on any atom is -0.361 e. The van der Waals surface area contributed by atoms with Gasteiger partial charge in [0.2, 0.25) is 0 Å². The van der Waals surface area contributed by atoms with E-state index in [4.69, 9.17) is 4.52 Å². The molecule has 0 bridgehead atoms. The van der Waals surface area contributed by atoms with E-state index in [1.165, 1.54) is 24.1 Å². The standard InChI is InChI=1S/C20H25N3O2/c1-13(2)19-11-17(22-25-19)18-8-5-9-23(18)20(24)15-10-14-6-3-4-7-16(14)21-12-15/h10-13,18H,3-9H2,1-2H3/t18-/m0/s1. The summed E-state index contributed by atoms with van der Waals surface area (Å²) < 4.78 is 5.45. The number of aromatic nitrogens is 2. The monoisotopic (exact) mass is 339 g/mol. The van der Waals surface area contributed by atoms with Crippen molar-refractivity contribution in [1.82, 2.24) is 15.0 Å². The highest BCUT2D eigenvalue weighted by Crippen LogP contribution is 2.34. The second-order valence-corrected chi connectivity index (χ2v) is 7.50. The van der Waals surface area contributed by atoms with Crippen molar-refractivity contribution in [2.75, 3.05) is 6.54 Å². The fourth-order valence-electron chi connectivity index (χ4n) is 3.92. The van der Waals surface area contributed by atoms with Gasteiger partial charge in [-0.3, -0.25) is 9.78 Å². The molecule has 0 radical (unpaired) electrons. The summed E-state index contributed by atoms with van der Waals surface area (Å²) >= 11 is 0. The number of carbonyl (C=O) groups is 1. The Morgan fingerprint density at radius 3 is 2.88 bits per heavy atom. The van der Waals surface area contributed by atoms with E-state index in [1.807, 2.05) is 11.0 Å². The van der Waals surface area contributed by atoms with E-state index in [0.717, 1.165) is 43.7 Å². The number of hydrogen-bond acceptors (Lipinski definition) is 4. The van der Waals surface area contributed by atoms with Crippen molar-refractivity contribution >= 4 is 5.91 Å². The third-order valence-electron chi connectivity index (χ3n) is 5.39. The van der Waals surface area contributed by atoms with Crippen molar-refractivity contribution in [2.45, 2.75) is 64.3 Å². The SMILES string of the molecule is CC(C)c1cc([C@@H]2CCCN2C(=O)c2cnc3c(c2)CCCC3)no1. The van der Waals surface area contributed by atoms with Gasteiger partial charge in [-0.1, -0.05) is 19.0 Å². The van der Waals surface area contributed by atoms with Crippen LogP contribution >= 0.6 is 0 Å². The van der Waals surface area contributed by atoms with Gasteiger partial charge < -0.3 is 9.42 Å². The molecule has 2 aliphatic rings. The fraction of sp³-hybridized carbons (Fsp3) is 0.550. The van der Waals surface area contributed by atoms with Crippen molar-refractivity contribution in [3.63, 3.8) is 0 Å². The van der Waals surface area contributed by atoms with E-state index in [2.05, 4.69) is 30.1 Å². The van der Waals surface area contributed by atoms with E-state index in [-0.39, 0.29) is 11.9 Å². The Kier molecular flexibility index (Phi) is 4.32. The minimum atomic E-state index is 0.0137. The number of amides is 1. The van der Waals surface area contributed by atoms with Crippen molar-refractivity contribution in [3.05, 3.63) is 46.6 Å². The van der Waals surface area contributed by atoms with Gasteiger partial charge in [-0.15, -0.1) is 0 Å². The number of hydrogen-bond donors (Lipinski definition) is 0. The van der Waals surface area contributed by atoms with Crippen LogP contribution in [0.15, 0.2) is 22.9 Å². The molecule has 0 aromatic carbocycles. The molecule has 1 fully saturated rings. The molecule has 2 aromatic heterocycles. The third kappa shape index (κ3) is 3.08. The number of likely N-dealkylation sites (tertiary alicyclic amines) is 1. The van der Waals surface area contributed by atoms with Crippen LogP contribution in [-0.4, -0.2) is 27.5 Å². The summed E-state index contributed by atoms with van der Waals surface area (Å²) in [7, 11) is 0. The predicted octanol–water partition coefficient (Wildman–Crippen LogP) is 4.05. The average molecular weight is 339 g/mol. The summed E-state index contributed by atoms with van der Waals surface area (Å²) in [6.45, 7) is 4.94. The molecule has 4 rings (SSSR count). The quantitative estimate of drug-likeness (QED) is 0.846. The van der Waals surface area contributed by atoms with E-state index in [9.17, 15) is 4.79 Å². The fourth-order valence-corrected chi connectivity index (χ4v) is 3.92. The molecular weight excluding hydrogens is 314 g/mol. The number of carbonyl (C=O) groups excluding carboxylic acids is 1. The maximum atomic E-state index is 13.1. The molecule has 0 saturated carbocycles. The Hall–Kier alpha value is -2.17. The summed E-state index contributed by atoms with van der Waals surface area (Å²) in [4.78, 5) is 19.6. The van der Waals surface area contributed by atoms with Crippen LogP contribution < -0.4 is 0 Å². The first-order valence-corrected chi connectivity index (χ1v) is 9.39. The Morgan fingerprint density at radius 2 is 2.08 bits per heavy atom. The highest BCUT2D eigenvalue weighted by atomic mass is 16.5. The van der Waals surface area contributed by atoms with E-state index < -0.39 is 0 Å². The first-order chi connectivity index (χ1) is 12.1. The van der Waals surface area contributed by atoms with E-state index >= 15 is 0 Å². The lowest BCUT2D eigenvalue weighted by atomic mass is 9.95. The van der Waals surface area contributed by atoms with Crippen molar-refractivity contribution < 1.29 is 9.32 Å². The Morgan fingerprint density at radius 1 is 1.24 bits per heavy atom. The van der Waals surface area contributed by atoms with Crippen LogP contribution in [0.4, 0.5) is 0 Å². The molecule has 2 aromatic rings. The van der Waals surface area contributed by atoms with Crippen LogP contribution in [0.3, 0.4) is 0 Å². The lowest BCUT2D eigenvalue weighted by Crippen LogP contribution is -2.31. The third-order valence-corrected chi connectivity index (χ3v) is 5.39. The second-order valence-electron chi connectivity index (χ2n) is 7.50. The van der Waals surface area contributed by atoms with Crippen LogP contribution in [0, 0.1) is 0 Å². The second kappa shape index (κ2) is 6.62. The van der Waals surface area contributed by atoms with E-state index in [1.54, 1.807) is 6.20 Å². The highest BCUT2D eigenvalue weighted by molar-refractivity contribution is 5.94. The molecule has 1 amide bonds. The van der Waals surface area contributed by atoms with Gasteiger partial charge in [-0.05, 0) is 50.2 Å². The summed E-state index contributed by atoms with van der Waals surface area (Å²) in [5.41, 5.74) is 4.00. The maximum absolute atomic E-state index is 13.1. The largest absolute Gasteiger partial charge is 0.361 e. The van der Waals surface area contributed by atoms with Crippen LogP contribution in [0.1, 0.15) is 84.6 Å². The van der Waals surface area contributed by atoms with Gasteiger partial charge in [0.15, 0.2) is 0 Å². The molecule has 25 heavy (non-hydrogen) atoms. The molecule has 132 valence electrons. The number of nitrogens with zero attached hydrogens (tertiary/aromatic N) is 3. The van der Waals surface area contributed by atoms with Gasteiger partial charge >= 0.3 is 0 Å². The summed E-state index contributed by atoms with van der Waals surface area (Å²) in [5.74, 6) is 1.25. The molecule has 5 heteroatoms. The Bertz CT molecular complexity index is 781. The van der Waals surface area contributed by atoms with Gasteiger partial charge in [0, 0.05) is 30.4 Å². The zero-order chi connectivity index (χ0) is 17.4. The van der Waals surface area contributed by atoms with Crippen molar-refractivity contribution in [1.29, 1.82) is 0 Å². The smallest absolute Gasteiger partial charge is 0.255 e. The van der Waals surface area contributed by atoms with Crippen LogP contribution in [-0.2, 0) is 12.8 Å². The molecule has 1 aliphatic heterocycles. The predicted molar refractivity (Wildman–Crippen MR) is 94.5 cm³/mol.